The number of carbonyl (C=O) groups is 3. The van der Waals surface area contributed by atoms with Crippen LogP contribution in [0, 0.1) is 0 Å². The topological polar surface area (TPSA) is 110 Å². The van der Waals surface area contributed by atoms with Crippen LogP contribution in [0.4, 0.5) is 0 Å². The maximum absolute atomic E-state index is 12.2. The number of rotatable bonds is 6. The van der Waals surface area contributed by atoms with Crippen LogP contribution in [0.5, 0.6) is 0 Å². The third-order valence-corrected chi connectivity index (χ3v) is 6.66. The number of carbonyl (C=O) groups excluding carboxylic acids is 3. The second kappa shape index (κ2) is 8.60. The molecule has 1 N–H and O–H groups in total. The molecule has 0 saturated carbocycles. The van der Waals surface area contributed by atoms with Crippen molar-refractivity contribution in [2.24, 2.45) is 0 Å². The van der Waals surface area contributed by atoms with Crippen molar-refractivity contribution >= 4 is 38.4 Å². The van der Waals surface area contributed by atoms with Gasteiger partial charge in [-0.25, -0.2) is 8.42 Å². The fourth-order valence-corrected chi connectivity index (χ4v) is 4.94. The summed E-state index contributed by atoms with van der Waals surface area (Å²) in [4.78, 5) is 37.5. The van der Waals surface area contributed by atoms with Crippen molar-refractivity contribution in [3.8, 4) is 0 Å². The van der Waals surface area contributed by atoms with E-state index in [-0.39, 0.29) is 18.1 Å². The van der Waals surface area contributed by atoms with Gasteiger partial charge >= 0.3 is 5.97 Å². The van der Waals surface area contributed by atoms with Crippen LogP contribution in [0.15, 0.2) is 42.5 Å². The lowest BCUT2D eigenvalue weighted by Gasteiger charge is -2.23. The van der Waals surface area contributed by atoms with Crippen molar-refractivity contribution in [3.05, 3.63) is 48.0 Å². The lowest BCUT2D eigenvalue weighted by Crippen LogP contribution is -2.41. The second-order valence-corrected chi connectivity index (χ2v) is 9.20. The van der Waals surface area contributed by atoms with Gasteiger partial charge in [-0.05, 0) is 29.3 Å². The van der Waals surface area contributed by atoms with E-state index >= 15 is 0 Å². The Morgan fingerprint density at radius 3 is 2.55 bits per heavy atom. The van der Waals surface area contributed by atoms with Gasteiger partial charge in [-0.2, -0.15) is 0 Å². The molecule has 0 radical (unpaired) electrons. The summed E-state index contributed by atoms with van der Waals surface area (Å²) in [6.07, 6.45) is 0.375. The maximum atomic E-state index is 12.2. The SMILES string of the molecule is CN(C(=O)COC(=O)CNC(=O)c1ccc2ccccc2c1)[C@H]1CCS(=O)(=O)C1. The van der Waals surface area contributed by atoms with Crippen LogP contribution in [0.3, 0.4) is 0 Å². The molecule has 2 amide bonds. The van der Waals surface area contributed by atoms with E-state index in [1.807, 2.05) is 30.3 Å². The van der Waals surface area contributed by atoms with Crippen LogP contribution < -0.4 is 5.32 Å². The summed E-state index contributed by atoms with van der Waals surface area (Å²) in [6.45, 7) is -0.877. The molecule has 1 aliphatic rings. The Morgan fingerprint density at radius 2 is 1.86 bits per heavy atom. The van der Waals surface area contributed by atoms with E-state index in [1.165, 1.54) is 11.9 Å². The Bertz CT molecular complexity index is 1050. The first kappa shape index (κ1) is 20.8. The minimum Gasteiger partial charge on any atom is -0.454 e. The van der Waals surface area contributed by atoms with Crippen LogP contribution in [-0.2, 0) is 24.2 Å². The molecule has 0 spiro atoms. The van der Waals surface area contributed by atoms with Gasteiger partial charge in [0, 0.05) is 18.7 Å². The molecule has 9 heteroatoms. The van der Waals surface area contributed by atoms with Crippen LogP contribution in [0.25, 0.3) is 10.8 Å². The van der Waals surface area contributed by atoms with Gasteiger partial charge in [-0.3, -0.25) is 14.4 Å². The molecule has 1 atom stereocenters. The predicted molar refractivity (Wildman–Crippen MR) is 107 cm³/mol. The van der Waals surface area contributed by atoms with E-state index in [0.29, 0.717) is 12.0 Å². The molecule has 1 heterocycles. The van der Waals surface area contributed by atoms with Gasteiger partial charge in [-0.15, -0.1) is 0 Å². The number of hydrogen-bond donors (Lipinski definition) is 1. The van der Waals surface area contributed by atoms with Crippen LogP contribution in [0.2, 0.25) is 0 Å². The lowest BCUT2D eigenvalue weighted by atomic mass is 10.1. The minimum absolute atomic E-state index is 0.0515. The van der Waals surface area contributed by atoms with E-state index in [9.17, 15) is 22.8 Å². The zero-order chi connectivity index (χ0) is 21.0. The number of fused-ring (bicyclic) bond motifs is 1. The van der Waals surface area contributed by atoms with Crippen molar-refractivity contribution in [1.29, 1.82) is 0 Å². The Morgan fingerprint density at radius 1 is 1.14 bits per heavy atom. The Hall–Kier alpha value is -2.94. The van der Waals surface area contributed by atoms with Crippen molar-refractivity contribution in [2.75, 3.05) is 31.7 Å². The molecular formula is C20H22N2O6S. The van der Waals surface area contributed by atoms with Gasteiger partial charge in [0.05, 0.1) is 11.5 Å². The molecule has 3 rings (SSSR count). The first-order valence-corrected chi connectivity index (χ1v) is 11.0. The average molecular weight is 418 g/mol. The molecule has 154 valence electrons. The summed E-state index contributed by atoms with van der Waals surface area (Å²) in [7, 11) is -1.62. The first-order valence-electron chi connectivity index (χ1n) is 9.14. The highest BCUT2D eigenvalue weighted by Crippen LogP contribution is 2.17. The molecule has 1 fully saturated rings. The molecule has 1 saturated heterocycles. The number of sulfone groups is 1. The highest BCUT2D eigenvalue weighted by atomic mass is 32.2. The summed E-state index contributed by atoms with van der Waals surface area (Å²) in [5.74, 6) is -1.69. The highest BCUT2D eigenvalue weighted by molar-refractivity contribution is 7.91. The number of ether oxygens (including phenoxy) is 1. The van der Waals surface area contributed by atoms with E-state index in [1.54, 1.807) is 12.1 Å². The van der Waals surface area contributed by atoms with Gasteiger partial charge in [0.25, 0.3) is 11.8 Å². The highest BCUT2D eigenvalue weighted by Gasteiger charge is 2.32. The van der Waals surface area contributed by atoms with Gasteiger partial charge in [0.15, 0.2) is 16.4 Å². The fourth-order valence-electron chi connectivity index (χ4n) is 3.16. The number of nitrogens with one attached hydrogen (secondary N) is 1. The molecule has 29 heavy (non-hydrogen) atoms. The van der Waals surface area contributed by atoms with E-state index in [4.69, 9.17) is 4.74 Å². The molecule has 1 aliphatic heterocycles. The number of benzene rings is 2. The zero-order valence-electron chi connectivity index (χ0n) is 16.0. The lowest BCUT2D eigenvalue weighted by molar-refractivity contribution is -0.151. The standard InChI is InChI=1S/C20H22N2O6S/c1-22(17-8-9-29(26,27)13-17)18(23)12-28-19(24)11-21-20(25)16-7-6-14-4-2-3-5-15(14)10-16/h2-7,10,17H,8-9,11-13H2,1H3,(H,21,25)/t17-/m0/s1. The number of hydrogen-bond acceptors (Lipinski definition) is 6. The monoisotopic (exact) mass is 418 g/mol. The van der Waals surface area contributed by atoms with E-state index in [0.717, 1.165) is 10.8 Å². The third kappa shape index (κ3) is 5.32. The summed E-state index contributed by atoms with van der Waals surface area (Å²) in [6, 6.07) is 12.4. The van der Waals surface area contributed by atoms with Crippen LogP contribution in [0.1, 0.15) is 16.8 Å². The zero-order valence-corrected chi connectivity index (χ0v) is 16.8. The number of esters is 1. The van der Waals surface area contributed by atoms with Crippen molar-refractivity contribution < 1.29 is 27.5 Å². The summed E-state index contributed by atoms with van der Waals surface area (Å²) in [5.41, 5.74) is 0.412. The Balaban J connectivity index is 1.45. The summed E-state index contributed by atoms with van der Waals surface area (Å²) in [5, 5.41) is 4.37. The Kier molecular flexibility index (Phi) is 6.17. The van der Waals surface area contributed by atoms with Gasteiger partial charge in [-0.1, -0.05) is 30.3 Å². The molecule has 0 aromatic heterocycles. The number of amides is 2. The van der Waals surface area contributed by atoms with E-state index in [2.05, 4.69) is 5.32 Å². The number of nitrogens with zero attached hydrogens (tertiary/aromatic N) is 1. The smallest absolute Gasteiger partial charge is 0.325 e. The normalized spacial score (nSPS) is 17.6. The van der Waals surface area contributed by atoms with Crippen LogP contribution in [-0.4, -0.2) is 68.8 Å². The molecule has 8 nitrogen and oxygen atoms in total. The van der Waals surface area contributed by atoms with Crippen molar-refractivity contribution in [1.82, 2.24) is 10.2 Å². The fraction of sp³-hybridized carbons (Fsp3) is 0.350. The first-order chi connectivity index (χ1) is 13.7. The molecule has 0 bridgehead atoms. The molecule has 2 aromatic carbocycles. The molecular weight excluding hydrogens is 396 g/mol. The molecule has 2 aromatic rings. The average Bonchev–Trinajstić information content (AvgIpc) is 3.08. The second-order valence-electron chi connectivity index (χ2n) is 6.97. The van der Waals surface area contributed by atoms with Gasteiger partial charge in [0.2, 0.25) is 0 Å². The third-order valence-electron chi connectivity index (χ3n) is 4.91. The van der Waals surface area contributed by atoms with Crippen LogP contribution >= 0.6 is 0 Å². The number of likely N-dealkylation sites (N-methyl/N-ethyl adjacent to an activating group) is 1. The summed E-state index contributed by atoms with van der Waals surface area (Å²) < 4.78 is 27.9. The maximum Gasteiger partial charge on any atom is 0.325 e. The Labute approximate surface area is 168 Å². The predicted octanol–water partition coefficient (Wildman–Crippen LogP) is 0.758. The summed E-state index contributed by atoms with van der Waals surface area (Å²) >= 11 is 0. The van der Waals surface area contributed by atoms with Crippen molar-refractivity contribution in [2.45, 2.75) is 12.5 Å². The largest absolute Gasteiger partial charge is 0.454 e. The van der Waals surface area contributed by atoms with Crippen molar-refractivity contribution in [3.63, 3.8) is 0 Å². The van der Waals surface area contributed by atoms with Gasteiger partial charge in [0.1, 0.15) is 6.54 Å². The van der Waals surface area contributed by atoms with E-state index < -0.39 is 40.3 Å². The quantitative estimate of drug-likeness (QED) is 0.694. The molecule has 0 aliphatic carbocycles. The minimum atomic E-state index is -3.11. The van der Waals surface area contributed by atoms with Gasteiger partial charge < -0.3 is 15.0 Å². The molecule has 0 unspecified atom stereocenters.